The van der Waals surface area contributed by atoms with Crippen LogP contribution in [0, 0.1) is 11.3 Å². The molecule has 0 saturated carbocycles. The highest BCUT2D eigenvalue weighted by atomic mass is 15.2. The molecule has 0 aliphatic heterocycles. The number of hydrogen-bond donors (Lipinski definition) is 2. The maximum atomic E-state index is 5.37. The fourth-order valence-corrected chi connectivity index (χ4v) is 1.79. The molecule has 0 aromatic heterocycles. The number of hydrogen-bond acceptors (Lipinski definition) is 2. The van der Waals surface area contributed by atoms with Crippen molar-refractivity contribution < 1.29 is 0 Å². The molecule has 0 heterocycles. The normalized spacial score (nSPS) is 16.7. The zero-order valence-electron chi connectivity index (χ0n) is 9.43. The number of nitrogens with one attached hydrogen (secondary N) is 1. The van der Waals surface area contributed by atoms with Gasteiger partial charge in [-0.25, -0.2) is 0 Å². The summed E-state index contributed by atoms with van der Waals surface area (Å²) in [6.07, 6.45) is 4.16. The van der Waals surface area contributed by atoms with Crippen LogP contribution < -0.4 is 11.3 Å². The van der Waals surface area contributed by atoms with Crippen LogP contribution in [-0.4, -0.2) is 6.04 Å². The molecular weight excluding hydrogens is 160 g/mol. The van der Waals surface area contributed by atoms with Crippen molar-refractivity contribution in [3.05, 3.63) is 12.7 Å². The highest BCUT2D eigenvalue weighted by Gasteiger charge is 2.17. The molecule has 0 aromatic rings. The lowest BCUT2D eigenvalue weighted by molar-refractivity contribution is 0.285. The van der Waals surface area contributed by atoms with E-state index in [1.54, 1.807) is 0 Å². The zero-order chi connectivity index (χ0) is 10.5. The molecular formula is C11H24N2. The van der Waals surface area contributed by atoms with Crippen molar-refractivity contribution in [3.8, 4) is 0 Å². The van der Waals surface area contributed by atoms with Gasteiger partial charge in [-0.1, -0.05) is 33.8 Å². The molecule has 0 aromatic carbocycles. The standard InChI is InChI=1S/C11H24N2/c1-6-10(13-12)7-9(2)8-11(3,4)5/h6,9-10,13H,1,7-8,12H2,2-5H3. The van der Waals surface area contributed by atoms with Crippen LogP contribution >= 0.6 is 0 Å². The third-order valence-electron chi connectivity index (χ3n) is 2.12. The Labute approximate surface area is 82.6 Å². The van der Waals surface area contributed by atoms with Gasteiger partial charge < -0.3 is 0 Å². The third kappa shape index (κ3) is 6.79. The Bertz CT molecular complexity index is 147. The lowest BCUT2D eigenvalue weighted by atomic mass is 9.83. The summed E-state index contributed by atoms with van der Waals surface area (Å²) in [4.78, 5) is 0. The molecule has 0 radical (unpaired) electrons. The van der Waals surface area contributed by atoms with Gasteiger partial charge in [0.1, 0.15) is 0 Å². The summed E-state index contributed by atoms with van der Waals surface area (Å²) >= 11 is 0. The first kappa shape index (κ1) is 12.7. The molecule has 2 heteroatoms. The number of nitrogens with two attached hydrogens (primary N) is 1. The van der Waals surface area contributed by atoms with Crippen molar-refractivity contribution in [2.45, 2.75) is 46.6 Å². The second-order valence-electron chi connectivity index (χ2n) is 5.11. The predicted octanol–water partition coefficient (Wildman–Crippen LogP) is 2.47. The van der Waals surface area contributed by atoms with E-state index in [2.05, 4.69) is 39.7 Å². The average Bonchev–Trinajstić information content (AvgIpc) is 1.96. The molecule has 0 spiro atoms. The first-order chi connectivity index (χ1) is 5.89. The van der Waals surface area contributed by atoms with Gasteiger partial charge in [0.15, 0.2) is 0 Å². The lowest BCUT2D eigenvalue weighted by Gasteiger charge is -2.25. The van der Waals surface area contributed by atoms with Crippen LogP contribution in [-0.2, 0) is 0 Å². The molecule has 0 saturated heterocycles. The van der Waals surface area contributed by atoms with E-state index in [1.807, 2.05) is 6.08 Å². The van der Waals surface area contributed by atoms with Gasteiger partial charge in [0.25, 0.3) is 0 Å². The minimum absolute atomic E-state index is 0.248. The number of hydrazine groups is 1. The summed E-state index contributed by atoms with van der Waals surface area (Å²) in [6, 6.07) is 0.248. The van der Waals surface area contributed by atoms with E-state index < -0.39 is 0 Å². The summed E-state index contributed by atoms with van der Waals surface area (Å²) in [7, 11) is 0. The molecule has 0 bridgehead atoms. The van der Waals surface area contributed by atoms with Crippen molar-refractivity contribution in [2.75, 3.05) is 0 Å². The maximum absolute atomic E-state index is 5.37. The summed E-state index contributed by atoms with van der Waals surface area (Å²) in [6.45, 7) is 12.8. The van der Waals surface area contributed by atoms with E-state index in [0.717, 1.165) is 6.42 Å². The van der Waals surface area contributed by atoms with E-state index in [-0.39, 0.29) is 6.04 Å². The molecule has 2 nitrogen and oxygen atoms in total. The molecule has 0 fully saturated rings. The Morgan fingerprint density at radius 1 is 1.46 bits per heavy atom. The smallest absolute Gasteiger partial charge is 0.0390 e. The molecule has 78 valence electrons. The van der Waals surface area contributed by atoms with Gasteiger partial charge >= 0.3 is 0 Å². The quantitative estimate of drug-likeness (QED) is 0.391. The lowest BCUT2D eigenvalue weighted by Crippen LogP contribution is -2.35. The Morgan fingerprint density at radius 2 is 2.00 bits per heavy atom. The monoisotopic (exact) mass is 184 g/mol. The van der Waals surface area contributed by atoms with Crippen LogP contribution in [0.4, 0.5) is 0 Å². The topological polar surface area (TPSA) is 38.0 Å². The van der Waals surface area contributed by atoms with E-state index >= 15 is 0 Å². The van der Waals surface area contributed by atoms with Gasteiger partial charge in [0.2, 0.25) is 0 Å². The number of rotatable bonds is 5. The van der Waals surface area contributed by atoms with Gasteiger partial charge in [-0.05, 0) is 24.2 Å². The first-order valence-corrected chi connectivity index (χ1v) is 4.97. The SMILES string of the molecule is C=CC(CC(C)CC(C)(C)C)NN. The zero-order valence-corrected chi connectivity index (χ0v) is 9.43. The molecule has 0 aliphatic rings. The Balaban J connectivity index is 3.85. The van der Waals surface area contributed by atoms with Gasteiger partial charge in [-0.3, -0.25) is 11.3 Å². The highest BCUT2D eigenvalue weighted by molar-refractivity contribution is 4.85. The molecule has 13 heavy (non-hydrogen) atoms. The van der Waals surface area contributed by atoms with Crippen LogP contribution in [0.15, 0.2) is 12.7 Å². The van der Waals surface area contributed by atoms with Crippen molar-refractivity contribution in [1.29, 1.82) is 0 Å². The van der Waals surface area contributed by atoms with Gasteiger partial charge in [-0.2, -0.15) is 0 Å². The second kappa shape index (κ2) is 5.40. The molecule has 0 rings (SSSR count). The third-order valence-corrected chi connectivity index (χ3v) is 2.12. The highest BCUT2D eigenvalue weighted by Crippen LogP contribution is 2.26. The van der Waals surface area contributed by atoms with Gasteiger partial charge in [-0.15, -0.1) is 6.58 Å². The molecule has 0 aliphatic carbocycles. The van der Waals surface area contributed by atoms with E-state index in [4.69, 9.17) is 5.84 Å². The van der Waals surface area contributed by atoms with Gasteiger partial charge in [0, 0.05) is 6.04 Å². The van der Waals surface area contributed by atoms with Crippen LogP contribution in [0.25, 0.3) is 0 Å². The van der Waals surface area contributed by atoms with E-state index in [1.165, 1.54) is 6.42 Å². The largest absolute Gasteiger partial charge is 0.271 e. The molecule has 0 amide bonds. The fraction of sp³-hybridized carbons (Fsp3) is 0.818. The molecule has 2 unspecified atom stereocenters. The Hall–Kier alpha value is -0.340. The summed E-state index contributed by atoms with van der Waals surface area (Å²) < 4.78 is 0. The Kier molecular flexibility index (Phi) is 5.26. The first-order valence-electron chi connectivity index (χ1n) is 4.97. The van der Waals surface area contributed by atoms with Crippen LogP contribution in [0.1, 0.15) is 40.5 Å². The van der Waals surface area contributed by atoms with Crippen molar-refractivity contribution in [3.63, 3.8) is 0 Å². The second-order valence-corrected chi connectivity index (χ2v) is 5.11. The summed E-state index contributed by atoms with van der Waals surface area (Å²) in [5.74, 6) is 6.05. The van der Waals surface area contributed by atoms with Crippen molar-refractivity contribution in [1.82, 2.24) is 5.43 Å². The maximum Gasteiger partial charge on any atom is 0.0390 e. The predicted molar refractivity (Wildman–Crippen MR) is 59.2 cm³/mol. The minimum Gasteiger partial charge on any atom is -0.271 e. The van der Waals surface area contributed by atoms with E-state index in [0.29, 0.717) is 11.3 Å². The summed E-state index contributed by atoms with van der Waals surface area (Å²) in [5, 5.41) is 0. The molecule has 3 N–H and O–H groups in total. The minimum atomic E-state index is 0.248. The summed E-state index contributed by atoms with van der Waals surface area (Å²) in [5.41, 5.74) is 3.15. The Morgan fingerprint density at radius 3 is 2.31 bits per heavy atom. The average molecular weight is 184 g/mol. The van der Waals surface area contributed by atoms with Crippen molar-refractivity contribution >= 4 is 0 Å². The van der Waals surface area contributed by atoms with E-state index in [9.17, 15) is 0 Å². The van der Waals surface area contributed by atoms with Gasteiger partial charge in [0.05, 0.1) is 0 Å². The van der Waals surface area contributed by atoms with Crippen LogP contribution in [0.5, 0.6) is 0 Å². The van der Waals surface area contributed by atoms with Crippen molar-refractivity contribution in [2.24, 2.45) is 17.2 Å². The fourth-order valence-electron chi connectivity index (χ4n) is 1.79. The molecule has 2 atom stereocenters. The van der Waals surface area contributed by atoms with Crippen LogP contribution in [0.3, 0.4) is 0 Å². The van der Waals surface area contributed by atoms with Crippen LogP contribution in [0.2, 0.25) is 0 Å².